The van der Waals surface area contributed by atoms with Crippen LogP contribution in [-0.4, -0.2) is 30.4 Å². The number of amides is 1. The topological polar surface area (TPSA) is 32.3 Å². The smallest absolute Gasteiger partial charge is 0.236 e. The van der Waals surface area contributed by atoms with Crippen LogP contribution in [0, 0.1) is 6.92 Å². The van der Waals surface area contributed by atoms with Crippen molar-refractivity contribution in [3.63, 3.8) is 0 Å². The minimum absolute atomic E-state index is 0.191. The fourth-order valence-corrected chi connectivity index (χ4v) is 1.96. The molecule has 1 aromatic carbocycles. The number of aryl methyl sites for hydroxylation is 1. The maximum absolute atomic E-state index is 12.1. The van der Waals surface area contributed by atoms with E-state index in [0.29, 0.717) is 13.1 Å². The molecule has 0 saturated carbocycles. The molecule has 3 nitrogen and oxygen atoms in total. The number of hydrogen-bond donors (Lipinski definition) is 1. The lowest BCUT2D eigenvalue weighted by Gasteiger charge is -2.22. The maximum atomic E-state index is 12.1. The monoisotopic (exact) mass is 262 g/mol. The van der Waals surface area contributed by atoms with Gasteiger partial charge < -0.3 is 10.2 Å². The molecule has 106 valence electrons. The molecule has 19 heavy (non-hydrogen) atoms. The van der Waals surface area contributed by atoms with E-state index in [2.05, 4.69) is 50.4 Å². The Kier molecular flexibility index (Phi) is 7.19. The van der Waals surface area contributed by atoms with Crippen LogP contribution in [0.1, 0.15) is 37.8 Å². The fourth-order valence-electron chi connectivity index (χ4n) is 1.96. The van der Waals surface area contributed by atoms with E-state index in [-0.39, 0.29) is 5.91 Å². The van der Waals surface area contributed by atoms with Crippen molar-refractivity contribution < 1.29 is 4.79 Å². The zero-order valence-corrected chi connectivity index (χ0v) is 12.4. The second-order valence-electron chi connectivity index (χ2n) is 4.98. The van der Waals surface area contributed by atoms with Crippen molar-refractivity contribution in [3.8, 4) is 0 Å². The van der Waals surface area contributed by atoms with Gasteiger partial charge in [0.2, 0.25) is 5.91 Å². The van der Waals surface area contributed by atoms with Crippen LogP contribution in [0.2, 0.25) is 0 Å². The quantitative estimate of drug-likeness (QED) is 0.731. The summed E-state index contributed by atoms with van der Waals surface area (Å²) in [4.78, 5) is 14.1. The molecule has 0 aliphatic rings. The second kappa shape index (κ2) is 8.70. The Morgan fingerprint density at radius 2 is 1.84 bits per heavy atom. The first kappa shape index (κ1) is 15.7. The third kappa shape index (κ3) is 5.88. The van der Waals surface area contributed by atoms with Crippen LogP contribution in [-0.2, 0) is 11.3 Å². The number of nitrogens with one attached hydrogen (secondary N) is 1. The summed E-state index contributed by atoms with van der Waals surface area (Å²) in [6.45, 7) is 9.16. The molecule has 0 bridgehead atoms. The van der Waals surface area contributed by atoms with Crippen molar-refractivity contribution in [1.29, 1.82) is 0 Å². The summed E-state index contributed by atoms with van der Waals surface area (Å²) in [5, 5.41) is 3.18. The minimum atomic E-state index is 0.191. The van der Waals surface area contributed by atoms with E-state index in [1.807, 2.05) is 4.90 Å². The second-order valence-corrected chi connectivity index (χ2v) is 4.98. The van der Waals surface area contributed by atoms with E-state index in [1.165, 1.54) is 11.1 Å². The number of rotatable bonds is 8. The van der Waals surface area contributed by atoms with Crippen molar-refractivity contribution in [3.05, 3.63) is 35.4 Å². The van der Waals surface area contributed by atoms with E-state index in [9.17, 15) is 4.79 Å². The molecule has 0 unspecified atom stereocenters. The summed E-state index contributed by atoms with van der Waals surface area (Å²) in [6.07, 6.45) is 2.05. The largest absolute Gasteiger partial charge is 0.337 e. The maximum Gasteiger partial charge on any atom is 0.236 e. The van der Waals surface area contributed by atoms with Gasteiger partial charge in [-0.3, -0.25) is 4.79 Å². The Morgan fingerprint density at radius 1 is 1.16 bits per heavy atom. The van der Waals surface area contributed by atoms with E-state index >= 15 is 0 Å². The standard InChI is InChI=1S/C16H26N2O/c1-4-10-17-12-16(19)18(11-5-2)13-15-8-6-14(3)7-9-15/h6-9,17H,4-5,10-13H2,1-3H3. The van der Waals surface area contributed by atoms with Gasteiger partial charge >= 0.3 is 0 Å². The molecule has 1 amide bonds. The molecule has 0 spiro atoms. The first-order valence-electron chi connectivity index (χ1n) is 7.21. The first-order valence-corrected chi connectivity index (χ1v) is 7.21. The van der Waals surface area contributed by atoms with Gasteiger partial charge in [-0.05, 0) is 31.9 Å². The molecule has 1 rings (SSSR count). The average Bonchev–Trinajstić information content (AvgIpc) is 2.41. The normalized spacial score (nSPS) is 10.5. The number of benzene rings is 1. The molecule has 0 fully saturated rings. The Morgan fingerprint density at radius 3 is 2.42 bits per heavy atom. The Balaban J connectivity index is 2.56. The molecular formula is C16H26N2O. The Bertz CT molecular complexity index is 373. The molecule has 0 atom stereocenters. The van der Waals surface area contributed by atoms with Crippen LogP contribution in [0.4, 0.5) is 0 Å². The Labute approximate surface area is 117 Å². The number of hydrogen-bond acceptors (Lipinski definition) is 2. The van der Waals surface area contributed by atoms with Crippen LogP contribution >= 0.6 is 0 Å². The predicted molar refractivity (Wildman–Crippen MR) is 80.0 cm³/mol. The average molecular weight is 262 g/mol. The van der Waals surface area contributed by atoms with Gasteiger partial charge in [0, 0.05) is 13.1 Å². The molecular weight excluding hydrogens is 236 g/mol. The summed E-state index contributed by atoms with van der Waals surface area (Å²) < 4.78 is 0. The van der Waals surface area contributed by atoms with Gasteiger partial charge in [0.1, 0.15) is 0 Å². The van der Waals surface area contributed by atoms with Crippen LogP contribution in [0.5, 0.6) is 0 Å². The molecule has 0 aromatic heterocycles. The SMILES string of the molecule is CCCNCC(=O)N(CCC)Cc1ccc(C)cc1. The lowest BCUT2D eigenvalue weighted by molar-refractivity contribution is -0.130. The molecule has 0 aliphatic heterocycles. The summed E-state index contributed by atoms with van der Waals surface area (Å²) >= 11 is 0. The molecule has 1 aromatic rings. The molecule has 1 N–H and O–H groups in total. The van der Waals surface area contributed by atoms with Crippen LogP contribution in [0.25, 0.3) is 0 Å². The van der Waals surface area contributed by atoms with E-state index < -0.39 is 0 Å². The van der Waals surface area contributed by atoms with Gasteiger partial charge in [0.25, 0.3) is 0 Å². The third-order valence-electron chi connectivity index (χ3n) is 3.04. The summed E-state index contributed by atoms with van der Waals surface area (Å²) in [7, 11) is 0. The number of carbonyl (C=O) groups excluding carboxylic acids is 1. The zero-order chi connectivity index (χ0) is 14.1. The lowest BCUT2D eigenvalue weighted by Crippen LogP contribution is -2.38. The third-order valence-corrected chi connectivity index (χ3v) is 3.04. The minimum Gasteiger partial charge on any atom is -0.337 e. The van der Waals surface area contributed by atoms with Crippen molar-refractivity contribution in [2.45, 2.75) is 40.2 Å². The molecule has 3 heteroatoms. The first-order chi connectivity index (χ1) is 9.17. The van der Waals surface area contributed by atoms with Crippen molar-refractivity contribution >= 4 is 5.91 Å². The van der Waals surface area contributed by atoms with Crippen molar-refractivity contribution in [1.82, 2.24) is 10.2 Å². The summed E-state index contributed by atoms with van der Waals surface area (Å²) in [6, 6.07) is 8.40. The van der Waals surface area contributed by atoms with E-state index in [0.717, 1.165) is 25.9 Å². The molecule has 0 radical (unpaired) electrons. The van der Waals surface area contributed by atoms with Gasteiger partial charge in [0.15, 0.2) is 0 Å². The van der Waals surface area contributed by atoms with Gasteiger partial charge in [-0.2, -0.15) is 0 Å². The molecule has 0 aliphatic carbocycles. The lowest BCUT2D eigenvalue weighted by atomic mass is 10.1. The summed E-state index contributed by atoms with van der Waals surface area (Å²) in [5.41, 5.74) is 2.45. The van der Waals surface area contributed by atoms with Gasteiger partial charge in [-0.25, -0.2) is 0 Å². The van der Waals surface area contributed by atoms with Gasteiger partial charge in [0.05, 0.1) is 6.54 Å². The van der Waals surface area contributed by atoms with Crippen molar-refractivity contribution in [2.24, 2.45) is 0 Å². The van der Waals surface area contributed by atoms with E-state index in [4.69, 9.17) is 0 Å². The summed E-state index contributed by atoms with van der Waals surface area (Å²) in [5.74, 6) is 0.191. The highest BCUT2D eigenvalue weighted by molar-refractivity contribution is 5.78. The molecule has 0 saturated heterocycles. The van der Waals surface area contributed by atoms with Gasteiger partial charge in [-0.1, -0.05) is 43.7 Å². The van der Waals surface area contributed by atoms with Crippen molar-refractivity contribution in [2.75, 3.05) is 19.6 Å². The Hall–Kier alpha value is -1.35. The highest BCUT2D eigenvalue weighted by Gasteiger charge is 2.12. The highest BCUT2D eigenvalue weighted by Crippen LogP contribution is 2.07. The molecule has 0 heterocycles. The predicted octanol–water partition coefficient (Wildman–Crippen LogP) is 2.73. The zero-order valence-electron chi connectivity index (χ0n) is 12.4. The highest BCUT2D eigenvalue weighted by atomic mass is 16.2. The van der Waals surface area contributed by atoms with Crippen LogP contribution in [0.3, 0.4) is 0 Å². The number of carbonyl (C=O) groups is 1. The fraction of sp³-hybridized carbons (Fsp3) is 0.562. The van der Waals surface area contributed by atoms with Gasteiger partial charge in [-0.15, -0.1) is 0 Å². The van der Waals surface area contributed by atoms with Crippen LogP contribution < -0.4 is 5.32 Å². The van der Waals surface area contributed by atoms with Crippen LogP contribution in [0.15, 0.2) is 24.3 Å². The van der Waals surface area contributed by atoms with E-state index in [1.54, 1.807) is 0 Å². The number of nitrogens with zero attached hydrogens (tertiary/aromatic N) is 1.